The van der Waals surface area contributed by atoms with E-state index in [2.05, 4.69) is 53.1 Å². The van der Waals surface area contributed by atoms with Gasteiger partial charge in [0, 0.05) is 16.4 Å². The lowest BCUT2D eigenvalue weighted by Gasteiger charge is -2.24. The number of hydrogen-bond acceptors (Lipinski definition) is 1. The molecular weight excluding hydrogens is 261 g/mol. The Balaban J connectivity index is 2.87. The van der Waals surface area contributed by atoms with Gasteiger partial charge in [-0.15, -0.1) is 11.6 Å². The third-order valence-corrected chi connectivity index (χ3v) is 2.95. The van der Waals surface area contributed by atoms with Crippen molar-refractivity contribution in [2.45, 2.75) is 12.5 Å². The fourth-order valence-electron chi connectivity index (χ4n) is 1.54. The van der Waals surface area contributed by atoms with Gasteiger partial charge < -0.3 is 4.90 Å². The molecule has 0 aliphatic carbocycles. The summed E-state index contributed by atoms with van der Waals surface area (Å²) in [7, 11) is 4.16. The summed E-state index contributed by atoms with van der Waals surface area (Å²) in [6.45, 7) is 0. The van der Waals surface area contributed by atoms with Crippen LogP contribution in [0, 0.1) is 0 Å². The zero-order chi connectivity index (χ0) is 10.6. The Morgan fingerprint density at radius 1 is 1.43 bits per heavy atom. The van der Waals surface area contributed by atoms with Gasteiger partial charge in [0.1, 0.15) is 0 Å². The quantitative estimate of drug-likeness (QED) is 0.758. The molecule has 1 aromatic rings. The molecule has 1 aromatic carbocycles. The molecule has 0 aliphatic heterocycles. The molecule has 0 saturated carbocycles. The molecule has 1 nitrogen and oxygen atoms in total. The van der Waals surface area contributed by atoms with Crippen molar-refractivity contribution in [1.82, 2.24) is 4.90 Å². The molecule has 0 heterocycles. The molecule has 0 aromatic heterocycles. The molecular formula is C11H15BrClN. The van der Waals surface area contributed by atoms with Crippen molar-refractivity contribution in [3.05, 3.63) is 34.3 Å². The predicted octanol–water partition coefficient (Wildman–Crippen LogP) is 3.68. The Morgan fingerprint density at radius 2 is 2.14 bits per heavy atom. The predicted molar refractivity (Wildman–Crippen MR) is 65.9 cm³/mol. The second kappa shape index (κ2) is 5.74. The van der Waals surface area contributed by atoms with Crippen LogP contribution in [-0.2, 0) is 0 Å². The van der Waals surface area contributed by atoms with Crippen molar-refractivity contribution in [2.24, 2.45) is 0 Å². The van der Waals surface area contributed by atoms with Gasteiger partial charge in [-0.3, -0.25) is 0 Å². The minimum atomic E-state index is 0.407. The molecule has 0 aliphatic rings. The number of benzene rings is 1. The SMILES string of the molecule is CN(C)C(CCCl)c1cccc(Br)c1. The van der Waals surface area contributed by atoms with Crippen molar-refractivity contribution >= 4 is 27.5 Å². The highest BCUT2D eigenvalue weighted by atomic mass is 79.9. The van der Waals surface area contributed by atoms with Crippen molar-refractivity contribution in [1.29, 1.82) is 0 Å². The second-order valence-electron chi connectivity index (χ2n) is 3.51. The first-order valence-electron chi connectivity index (χ1n) is 4.63. The van der Waals surface area contributed by atoms with Gasteiger partial charge in [0.15, 0.2) is 0 Å². The van der Waals surface area contributed by atoms with Gasteiger partial charge in [-0.25, -0.2) is 0 Å². The van der Waals surface area contributed by atoms with Gasteiger partial charge in [-0.05, 0) is 38.2 Å². The van der Waals surface area contributed by atoms with E-state index in [1.807, 2.05) is 6.07 Å². The number of nitrogens with zero attached hydrogens (tertiary/aromatic N) is 1. The molecule has 0 fully saturated rings. The first-order chi connectivity index (χ1) is 6.65. The number of alkyl halides is 1. The van der Waals surface area contributed by atoms with Crippen LogP contribution >= 0.6 is 27.5 Å². The molecule has 1 atom stereocenters. The van der Waals surface area contributed by atoms with Crippen LogP contribution < -0.4 is 0 Å². The molecule has 78 valence electrons. The van der Waals surface area contributed by atoms with Crippen LogP contribution in [0.4, 0.5) is 0 Å². The first kappa shape index (κ1) is 12.0. The van der Waals surface area contributed by atoms with E-state index in [1.54, 1.807) is 0 Å². The van der Waals surface area contributed by atoms with Crippen LogP contribution in [0.25, 0.3) is 0 Å². The van der Waals surface area contributed by atoms with E-state index in [1.165, 1.54) is 5.56 Å². The molecule has 0 saturated heterocycles. The Hall–Kier alpha value is -0.0500. The van der Waals surface area contributed by atoms with E-state index in [-0.39, 0.29) is 0 Å². The zero-order valence-corrected chi connectivity index (χ0v) is 10.8. The fourth-order valence-corrected chi connectivity index (χ4v) is 2.16. The fraction of sp³-hybridized carbons (Fsp3) is 0.455. The number of halogens is 2. The average Bonchev–Trinajstić information content (AvgIpc) is 2.13. The van der Waals surface area contributed by atoms with Gasteiger partial charge in [0.25, 0.3) is 0 Å². The van der Waals surface area contributed by atoms with Crippen LogP contribution in [0.3, 0.4) is 0 Å². The Bertz CT molecular complexity index is 288. The van der Waals surface area contributed by atoms with Crippen molar-refractivity contribution in [3.63, 3.8) is 0 Å². The molecule has 0 amide bonds. The monoisotopic (exact) mass is 275 g/mol. The summed E-state index contributed by atoms with van der Waals surface area (Å²) in [5.41, 5.74) is 1.31. The largest absolute Gasteiger partial charge is 0.302 e. The van der Waals surface area contributed by atoms with E-state index in [0.29, 0.717) is 11.9 Å². The Labute approximate surface area is 99.2 Å². The highest BCUT2D eigenvalue weighted by Crippen LogP contribution is 2.24. The first-order valence-corrected chi connectivity index (χ1v) is 5.95. The third-order valence-electron chi connectivity index (χ3n) is 2.24. The van der Waals surface area contributed by atoms with Gasteiger partial charge in [-0.2, -0.15) is 0 Å². The molecule has 14 heavy (non-hydrogen) atoms. The maximum absolute atomic E-state index is 5.79. The van der Waals surface area contributed by atoms with Crippen LogP contribution in [0.15, 0.2) is 28.7 Å². The summed E-state index contributed by atoms with van der Waals surface area (Å²) in [5, 5.41) is 0. The number of rotatable bonds is 4. The summed E-state index contributed by atoms with van der Waals surface area (Å²) >= 11 is 9.27. The van der Waals surface area contributed by atoms with E-state index >= 15 is 0 Å². The summed E-state index contributed by atoms with van der Waals surface area (Å²) in [5.74, 6) is 0.690. The lowest BCUT2D eigenvalue weighted by molar-refractivity contribution is 0.293. The minimum Gasteiger partial charge on any atom is -0.302 e. The molecule has 3 heteroatoms. The van der Waals surface area contributed by atoms with Crippen LogP contribution in [-0.4, -0.2) is 24.9 Å². The Kier molecular flexibility index (Phi) is 4.93. The summed E-state index contributed by atoms with van der Waals surface area (Å²) < 4.78 is 1.12. The van der Waals surface area contributed by atoms with Gasteiger partial charge >= 0.3 is 0 Å². The number of hydrogen-bond donors (Lipinski definition) is 0. The minimum absolute atomic E-state index is 0.407. The van der Waals surface area contributed by atoms with Crippen LogP contribution in [0.2, 0.25) is 0 Å². The summed E-state index contributed by atoms with van der Waals surface area (Å²) in [4.78, 5) is 2.20. The lowest BCUT2D eigenvalue weighted by atomic mass is 10.0. The smallest absolute Gasteiger partial charge is 0.0353 e. The molecule has 0 radical (unpaired) electrons. The van der Waals surface area contributed by atoms with E-state index in [0.717, 1.165) is 10.9 Å². The Morgan fingerprint density at radius 3 is 2.64 bits per heavy atom. The van der Waals surface area contributed by atoms with Crippen molar-refractivity contribution in [3.8, 4) is 0 Å². The molecule has 1 unspecified atom stereocenters. The highest BCUT2D eigenvalue weighted by Gasteiger charge is 2.12. The molecule has 1 rings (SSSR count). The normalized spacial score (nSPS) is 13.2. The maximum atomic E-state index is 5.79. The lowest BCUT2D eigenvalue weighted by Crippen LogP contribution is -2.20. The van der Waals surface area contributed by atoms with Crippen LogP contribution in [0.1, 0.15) is 18.0 Å². The third kappa shape index (κ3) is 3.26. The van der Waals surface area contributed by atoms with Crippen molar-refractivity contribution in [2.75, 3.05) is 20.0 Å². The topological polar surface area (TPSA) is 3.24 Å². The second-order valence-corrected chi connectivity index (χ2v) is 4.81. The molecule has 0 bridgehead atoms. The summed E-state index contributed by atoms with van der Waals surface area (Å²) in [6.07, 6.45) is 0.977. The molecule has 0 spiro atoms. The standard InChI is InChI=1S/C11H15BrClN/c1-14(2)11(6-7-13)9-4-3-5-10(12)8-9/h3-5,8,11H,6-7H2,1-2H3. The molecule has 0 N–H and O–H groups in total. The zero-order valence-electron chi connectivity index (χ0n) is 8.50. The van der Waals surface area contributed by atoms with Gasteiger partial charge in [0.2, 0.25) is 0 Å². The van der Waals surface area contributed by atoms with Gasteiger partial charge in [0.05, 0.1) is 0 Å². The van der Waals surface area contributed by atoms with E-state index in [4.69, 9.17) is 11.6 Å². The van der Waals surface area contributed by atoms with Crippen molar-refractivity contribution < 1.29 is 0 Å². The maximum Gasteiger partial charge on any atom is 0.0353 e. The summed E-state index contributed by atoms with van der Waals surface area (Å²) in [6, 6.07) is 8.80. The average molecular weight is 277 g/mol. The van der Waals surface area contributed by atoms with E-state index in [9.17, 15) is 0 Å². The van der Waals surface area contributed by atoms with Crippen LogP contribution in [0.5, 0.6) is 0 Å². The highest BCUT2D eigenvalue weighted by molar-refractivity contribution is 9.10. The van der Waals surface area contributed by atoms with E-state index < -0.39 is 0 Å². The van der Waals surface area contributed by atoms with Gasteiger partial charge in [-0.1, -0.05) is 28.1 Å².